The average molecular weight is 220 g/mol. The highest BCUT2D eigenvalue weighted by Gasteiger charge is 2.12. The first-order valence-electron chi connectivity index (χ1n) is 6.15. The van der Waals surface area contributed by atoms with E-state index in [0.29, 0.717) is 0 Å². The Morgan fingerprint density at radius 2 is 2.06 bits per heavy atom. The third kappa shape index (κ3) is 4.80. The first-order chi connectivity index (χ1) is 7.53. The van der Waals surface area contributed by atoms with E-state index >= 15 is 0 Å². The van der Waals surface area contributed by atoms with E-state index in [2.05, 4.69) is 45.1 Å². The van der Waals surface area contributed by atoms with Crippen molar-refractivity contribution in [2.24, 2.45) is 5.41 Å². The number of rotatable bonds is 1. The Balaban J connectivity index is 2.82. The number of allylic oxidation sites excluding steroid dienone is 5. The van der Waals surface area contributed by atoms with E-state index in [4.69, 9.17) is 0 Å². The molecule has 0 aromatic rings. The van der Waals surface area contributed by atoms with Crippen LogP contribution in [0.15, 0.2) is 35.5 Å². The molecule has 1 nitrogen and oxygen atoms in total. The first-order valence-corrected chi connectivity index (χ1v) is 6.15. The molecule has 90 valence electrons. The molecule has 1 N–H and O–H groups in total. The Hall–Kier alpha value is -0.820. The number of aliphatic hydroxyl groups excluding tert-OH is 1. The minimum absolute atomic E-state index is 0.199. The number of aliphatic hydroxyl groups is 1. The normalized spacial score (nSPS) is 22.0. The topological polar surface area (TPSA) is 20.2 Å². The average Bonchev–Trinajstić information content (AvgIpc) is 2.24. The van der Waals surface area contributed by atoms with Crippen molar-refractivity contribution in [3.8, 4) is 0 Å². The van der Waals surface area contributed by atoms with Gasteiger partial charge < -0.3 is 5.11 Å². The fourth-order valence-electron chi connectivity index (χ4n) is 1.87. The van der Waals surface area contributed by atoms with E-state index in [-0.39, 0.29) is 12.0 Å². The lowest BCUT2D eigenvalue weighted by Crippen LogP contribution is -2.06. The summed E-state index contributed by atoms with van der Waals surface area (Å²) in [6, 6.07) is 0. The predicted octanol–water partition coefficient (Wildman–Crippen LogP) is 4.01. The smallest absolute Gasteiger partial charge is 0.0641 e. The minimum atomic E-state index is 0.199. The van der Waals surface area contributed by atoms with Gasteiger partial charge in [0, 0.05) is 0 Å². The summed E-state index contributed by atoms with van der Waals surface area (Å²) >= 11 is 0. The standard InChI is InChI=1S/C15H24O/c1-13-6-4-8-14(12-16)9-11-15(2,3)10-5-7-13/h5-6,9-10,16H,4,7-8,11-12H2,1-3H3. The van der Waals surface area contributed by atoms with Gasteiger partial charge in [0.25, 0.3) is 0 Å². The molecular weight excluding hydrogens is 196 g/mol. The van der Waals surface area contributed by atoms with Gasteiger partial charge in [0.15, 0.2) is 0 Å². The minimum Gasteiger partial charge on any atom is -0.392 e. The molecule has 16 heavy (non-hydrogen) atoms. The third-order valence-electron chi connectivity index (χ3n) is 3.09. The Labute approximate surface area is 99.6 Å². The van der Waals surface area contributed by atoms with Gasteiger partial charge in [0.05, 0.1) is 6.61 Å². The van der Waals surface area contributed by atoms with Crippen molar-refractivity contribution in [2.75, 3.05) is 6.61 Å². The summed E-state index contributed by atoms with van der Waals surface area (Å²) in [5.74, 6) is 0. The summed E-state index contributed by atoms with van der Waals surface area (Å²) in [6.45, 7) is 6.86. The summed E-state index contributed by atoms with van der Waals surface area (Å²) in [4.78, 5) is 0. The lowest BCUT2D eigenvalue weighted by atomic mass is 9.87. The molecule has 1 rings (SSSR count). The van der Waals surface area contributed by atoms with Crippen LogP contribution in [-0.2, 0) is 0 Å². The second-order valence-corrected chi connectivity index (χ2v) is 5.41. The van der Waals surface area contributed by atoms with E-state index in [0.717, 1.165) is 25.7 Å². The molecule has 0 saturated heterocycles. The zero-order valence-electron chi connectivity index (χ0n) is 10.8. The van der Waals surface area contributed by atoms with E-state index in [1.54, 1.807) is 0 Å². The van der Waals surface area contributed by atoms with Crippen LogP contribution >= 0.6 is 0 Å². The van der Waals surface area contributed by atoms with E-state index in [1.807, 2.05) is 0 Å². The Bertz CT molecular complexity index is 305. The molecule has 0 bridgehead atoms. The quantitative estimate of drug-likeness (QED) is 0.662. The van der Waals surface area contributed by atoms with Gasteiger partial charge in [-0.25, -0.2) is 0 Å². The fourth-order valence-corrected chi connectivity index (χ4v) is 1.87. The van der Waals surface area contributed by atoms with Gasteiger partial charge in [0.1, 0.15) is 0 Å². The van der Waals surface area contributed by atoms with Gasteiger partial charge in [-0.1, -0.05) is 43.7 Å². The maximum Gasteiger partial charge on any atom is 0.0641 e. The molecular formula is C15H24O. The highest BCUT2D eigenvalue weighted by atomic mass is 16.3. The second kappa shape index (κ2) is 6.05. The molecule has 1 aliphatic rings. The van der Waals surface area contributed by atoms with Gasteiger partial charge in [0.2, 0.25) is 0 Å². The van der Waals surface area contributed by atoms with Gasteiger partial charge in [-0.3, -0.25) is 0 Å². The van der Waals surface area contributed by atoms with E-state index < -0.39 is 0 Å². The van der Waals surface area contributed by atoms with Crippen LogP contribution in [0.3, 0.4) is 0 Å². The molecule has 0 unspecified atom stereocenters. The molecule has 0 radical (unpaired) electrons. The highest BCUT2D eigenvalue weighted by molar-refractivity contribution is 5.13. The van der Waals surface area contributed by atoms with Crippen LogP contribution < -0.4 is 0 Å². The van der Waals surface area contributed by atoms with Gasteiger partial charge in [-0.2, -0.15) is 0 Å². The molecule has 0 aliphatic heterocycles. The molecule has 0 heterocycles. The van der Waals surface area contributed by atoms with Crippen LogP contribution in [0, 0.1) is 5.41 Å². The summed E-state index contributed by atoms with van der Waals surface area (Å²) in [7, 11) is 0. The zero-order valence-corrected chi connectivity index (χ0v) is 10.8. The Kier molecular flexibility index (Phi) is 5.01. The van der Waals surface area contributed by atoms with Crippen LogP contribution in [0.2, 0.25) is 0 Å². The molecule has 0 fully saturated rings. The largest absolute Gasteiger partial charge is 0.392 e. The van der Waals surface area contributed by atoms with Gasteiger partial charge >= 0.3 is 0 Å². The SMILES string of the molecule is CC1=CCCC(CO)=CCC(C)(C)C=CC1. The van der Waals surface area contributed by atoms with Crippen LogP contribution in [0.25, 0.3) is 0 Å². The lowest BCUT2D eigenvalue weighted by Gasteiger charge is -2.18. The number of hydrogen-bond acceptors (Lipinski definition) is 1. The second-order valence-electron chi connectivity index (χ2n) is 5.41. The van der Waals surface area contributed by atoms with Crippen molar-refractivity contribution in [1.29, 1.82) is 0 Å². The molecule has 0 aromatic carbocycles. The molecule has 0 atom stereocenters. The van der Waals surface area contributed by atoms with Crippen molar-refractivity contribution in [1.82, 2.24) is 0 Å². The van der Waals surface area contributed by atoms with Crippen molar-refractivity contribution < 1.29 is 5.11 Å². The van der Waals surface area contributed by atoms with E-state index in [1.165, 1.54) is 11.1 Å². The Morgan fingerprint density at radius 1 is 1.31 bits per heavy atom. The van der Waals surface area contributed by atoms with Crippen LogP contribution in [-0.4, -0.2) is 11.7 Å². The van der Waals surface area contributed by atoms with Crippen molar-refractivity contribution in [3.63, 3.8) is 0 Å². The van der Waals surface area contributed by atoms with Crippen molar-refractivity contribution in [2.45, 2.75) is 46.5 Å². The van der Waals surface area contributed by atoms with Crippen molar-refractivity contribution >= 4 is 0 Å². The molecule has 1 heteroatoms. The van der Waals surface area contributed by atoms with Crippen LogP contribution in [0.5, 0.6) is 0 Å². The molecule has 0 aromatic heterocycles. The first kappa shape index (κ1) is 13.2. The fraction of sp³-hybridized carbons (Fsp3) is 0.600. The molecule has 1 aliphatic carbocycles. The monoisotopic (exact) mass is 220 g/mol. The summed E-state index contributed by atoms with van der Waals surface area (Å²) < 4.78 is 0. The molecule has 0 spiro atoms. The summed E-state index contributed by atoms with van der Waals surface area (Å²) in [6.07, 6.45) is 13.2. The lowest BCUT2D eigenvalue weighted by molar-refractivity contribution is 0.325. The zero-order chi connectivity index (χ0) is 12.0. The van der Waals surface area contributed by atoms with Gasteiger partial charge in [-0.15, -0.1) is 0 Å². The summed E-state index contributed by atoms with van der Waals surface area (Å²) in [5.41, 5.74) is 2.80. The van der Waals surface area contributed by atoms with Crippen molar-refractivity contribution in [3.05, 3.63) is 35.5 Å². The Morgan fingerprint density at radius 3 is 2.75 bits per heavy atom. The third-order valence-corrected chi connectivity index (χ3v) is 3.09. The van der Waals surface area contributed by atoms with Crippen LogP contribution in [0.1, 0.15) is 46.5 Å². The maximum atomic E-state index is 9.27. The number of hydrogen-bond donors (Lipinski definition) is 1. The molecule has 0 amide bonds. The van der Waals surface area contributed by atoms with Gasteiger partial charge in [-0.05, 0) is 43.6 Å². The molecule has 0 saturated carbocycles. The maximum absolute atomic E-state index is 9.27. The highest BCUT2D eigenvalue weighted by Crippen LogP contribution is 2.25. The summed E-state index contributed by atoms with van der Waals surface area (Å²) in [5, 5.41) is 9.27. The van der Waals surface area contributed by atoms with E-state index in [9.17, 15) is 5.11 Å². The predicted molar refractivity (Wildman–Crippen MR) is 70.3 cm³/mol. The van der Waals surface area contributed by atoms with Crippen LogP contribution in [0.4, 0.5) is 0 Å².